The second-order valence-electron chi connectivity index (χ2n) is 5.16. The van der Waals surface area contributed by atoms with E-state index >= 15 is 0 Å². The van der Waals surface area contributed by atoms with Crippen molar-refractivity contribution in [1.29, 1.82) is 0 Å². The molecule has 1 N–H and O–H groups in total. The highest BCUT2D eigenvalue weighted by Crippen LogP contribution is 2.26. The molecule has 2 aromatic rings. The van der Waals surface area contributed by atoms with Gasteiger partial charge in [-0.15, -0.1) is 0 Å². The molecule has 0 aromatic heterocycles. The molecule has 0 spiro atoms. The van der Waals surface area contributed by atoms with Crippen LogP contribution in [-0.4, -0.2) is 34.2 Å². The van der Waals surface area contributed by atoms with Gasteiger partial charge in [0, 0.05) is 16.3 Å². The highest BCUT2D eigenvalue weighted by Gasteiger charge is 2.17. The lowest BCUT2D eigenvalue weighted by molar-refractivity contribution is -0.119. The zero-order valence-corrected chi connectivity index (χ0v) is 15.9. The van der Waals surface area contributed by atoms with E-state index in [1.165, 1.54) is 30.3 Å². The summed E-state index contributed by atoms with van der Waals surface area (Å²) < 4.78 is 41.5. The molecule has 144 valence electrons. The van der Waals surface area contributed by atoms with E-state index in [1.54, 1.807) is 25.1 Å². The molecule has 1 atom stereocenters. The van der Waals surface area contributed by atoms with Crippen LogP contribution in [0.15, 0.2) is 58.3 Å². The van der Waals surface area contributed by atoms with E-state index < -0.39 is 35.0 Å². The molecule has 0 aliphatic carbocycles. The van der Waals surface area contributed by atoms with Crippen LogP contribution in [0.2, 0.25) is 0 Å². The van der Waals surface area contributed by atoms with Crippen LogP contribution in [0.3, 0.4) is 0 Å². The first-order valence-corrected chi connectivity index (χ1v) is 10.1. The van der Waals surface area contributed by atoms with Gasteiger partial charge in [0.05, 0.1) is 21.3 Å². The van der Waals surface area contributed by atoms with Gasteiger partial charge in [0.25, 0.3) is 11.7 Å². The summed E-state index contributed by atoms with van der Waals surface area (Å²) in [5.41, 5.74) is 0.543. The molecule has 1 amide bonds. The molecule has 5 nitrogen and oxygen atoms in total. The minimum Gasteiger partial charge on any atom is -0.452 e. The SMILES string of the molecule is CC[S@](=O)c1ccccc1C(=O)OCC(=O)Nc1ccc(SC(F)F)cc1. The van der Waals surface area contributed by atoms with Crippen molar-refractivity contribution in [3.8, 4) is 0 Å². The average molecular weight is 413 g/mol. The van der Waals surface area contributed by atoms with Gasteiger partial charge in [-0.3, -0.25) is 9.00 Å². The van der Waals surface area contributed by atoms with Gasteiger partial charge in [0.2, 0.25) is 0 Å². The molecule has 0 unspecified atom stereocenters. The van der Waals surface area contributed by atoms with Crippen molar-refractivity contribution < 1.29 is 27.3 Å². The Labute approximate surface area is 161 Å². The van der Waals surface area contributed by atoms with Crippen molar-refractivity contribution in [3.63, 3.8) is 0 Å². The standard InChI is InChI=1S/C18H17F2NO4S2/c1-2-27(24)15-6-4-3-5-14(15)17(23)25-11-16(22)21-12-7-9-13(10-8-12)26-18(19)20/h3-10,18H,2,11H2,1H3,(H,21,22)/t27-/m0/s1. The van der Waals surface area contributed by atoms with E-state index in [0.29, 0.717) is 33.0 Å². The minimum atomic E-state index is -2.52. The molecule has 0 aliphatic rings. The molecular weight excluding hydrogens is 396 g/mol. The highest BCUT2D eigenvalue weighted by atomic mass is 32.2. The largest absolute Gasteiger partial charge is 0.452 e. The van der Waals surface area contributed by atoms with Crippen LogP contribution in [0.5, 0.6) is 0 Å². The van der Waals surface area contributed by atoms with Gasteiger partial charge in [0.15, 0.2) is 6.61 Å². The van der Waals surface area contributed by atoms with Crippen LogP contribution >= 0.6 is 11.8 Å². The summed E-state index contributed by atoms with van der Waals surface area (Å²) in [6.07, 6.45) is 0. The first kappa shape index (κ1) is 21.0. The molecule has 2 aromatic carbocycles. The van der Waals surface area contributed by atoms with Crippen LogP contribution in [0, 0.1) is 0 Å². The topological polar surface area (TPSA) is 72.5 Å². The predicted octanol–water partition coefficient (Wildman–Crippen LogP) is 3.92. The van der Waals surface area contributed by atoms with Gasteiger partial charge >= 0.3 is 5.97 Å². The van der Waals surface area contributed by atoms with Gasteiger partial charge in [0.1, 0.15) is 0 Å². The zero-order chi connectivity index (χ0) is 19.8. The number of ether oxygens (including phenoxy) is 1. The molecule has 0 heterocycles. The van der Waals surface area contributed by atoms with E-state index in [-0.39, 0.29) is 5.56 Å². The zero-order valence-electron chi connectivity index (χ0n) is 14.3. The Kier molecular flexibility index (Phi) is 7.93. The van der Waals surface area contributed by atoms with E-state index in [0.717, 1.165) is 0 Å². The minimum absolute atomic E-state index is 0.152. The van der Waals surface area contributed by atoms with Crippen LogP contribution < -0.4 is 5.32 Å². The fourth-order valence-corrected chi connectivity index (χ4v) is 3.55. The molecule has 9 heteroatoms. The third-order valence-corrected chi connectivity index (χ3v) is 5.41. The number of hydrogen-bond donors (Lipinski definition) is 1. The van der Waals surface area contributed by atoms with Crippen molar-refractivity contribution in [3.05, 3.63) is 54.1 Å². The molecule has 0 bridgehead atoms. The van der Waals surface area contributed by atoms with E-state index in [1.807, 2.05) is 0 Å². The summed E-state index contributed by atoms with van der Waals surface area (Å²) in [5.74, 6) is -3.49. The van der Waals surface area contributed by atoms with Gasteiger partial charge in [-0.2, -0.15) is 8.78 Å². The Bertz CT molecular complexity index is 828. The third-order valence-electron chi connectivity index (χ3n) is 3.31. The van der Waals surface area contributed by atoms with E-state index in [2.05, 4.69) is 5.32 Å². The second-order valence-corrected chi connectivity index (χ2v) is 7.93. The number of halogens is 2. The molecule has 2 rings (SSSR count). The molecular formula is C18H17F2NO4S2. The average Bonchev–Trinajstić information content (AvgIpc) is 2.66. The Balaban J connectivity index is 1.92. The maximum absolute atomic E-state index is 12.3. The van der Waals surface area contributed by atoms with Crippen LogP contribution in [-0.2, 0) is 20.3 Å². The second kappa shape index (κ2) is 10.2. The summed E-state index contributed by atoms with van der Waals surface area (Å²) in [5, 5.41) is 2.50. The molecule has 0 saturated heterocycles. The van der Waals surface area contributed by atoms with E-state index in [9.17, 15) is 22.6 Å². The molecule has 0 saturated carbocycles. The number of carbonyl (C=O) groups excluding carboxylic acids is 2. The number of rotatable bonds is 8. The molecule has 0 aliphatic heterocycles. The normalized spacial score (nSPS) is 11.9. The van der Waals surface area contributed by atoms with Crippen molar-refractivity contribution in [2.24, 2.45) is 0 Å². The number of nitrogens with one attached hydrogen (secondary N) is 1. The third kappa shape index (κ3) is 6.44. The van der Waals surface area contributed by atoms with Crippen molar-refractivity contribution in [2.45, 2.75) is 22.5 Å². The molecule has 27 heavy (non-hydrogen) atoms. The first-order chi connectivity index (χ1) is 12.9. The lowest BCUT2D eigenvalue weighted by Gasteiger charge is -2.09. The highest BCUT2D eigenvalue weighted by molar-refractivity contribution is 7.99. The van der Waals surface area contributed by atoms with E-state index in [4.69, 9.17) is 4.74 Å². The fourth-order valence-electron chi connectivity index (χ4n) is 2.11. The maximum Gasteiger partial charge on any atom is 0.339 e. The van der Waals surface area contributed by atoms with Crippen LogP contribution in [0.4, 0.5) is 14.5 Å². The van der Waals surface area contributed by atoms with Crippen LogP contribution in [0.1, 0.15) is 17.3 Å². The number of thioether (sulfide) groups is 1. The Morgan fingerprint density at radius 2 is 1.81 bits per heavy atom. The molecule has 0 radical (unpaired) electrons. The van der Waals surface area contributed by atoms with Gasteiger partial charge in [-0.25, -0.2) is 4.79 Å². The number of carbonyl (C=O) groups is 2. The van der Waals surface area contributed by atoms with Gasteiger partial charge < -0.3 is 10.1 Å². The van der Waals surface area contributed by atoms with Crippen molar-refractivity contribution in [1.82, 2.24) is 0 Å². The maximum atomic E-state index is 12.3. The number of amides is 1. The Hall–Kier alpha value is -2.26. The summed E-state index contributed by atoms with van der Waals surface area (Å²) in [6, 6.07) is 12.2. The fraction of sp³-hybridized carbons (Fsp3) is 0.222. The lowest BCUT2D eigenvalue weighted by atomic mass is 10.2. The summed E-state index contributed by atoms with van der Waals surface area (Å²) in [4.78, 5) is 24.8. The summed E-state index contributed by atoms with van der Waals surface area (Å²) in [6.45, 7) is 1.20. The number of anilines is 1. The number of benzene rings is 2. The van der Waals surface area contributed by atoms with Crippen LogP contribution in [0.25, 0.3) is 0 Å². The van der Waals surface area contributed by atoms with Crippen molar-refractivity contribution >= 4 is 40.1 Å². The first-order valence-electron chi connectivity index (χ1n) is 7.90. The summed E-state index contributed by atoms with van der Waals surface area (Å²) >= 11 is 0.403. The Morgan fingerprint density at radius 3 is 2.44 bits per heavy atom. The number of alkyl halides is 2. The van der Waals surface area contributed by atoms with Crippen molar-refractivity contribution in [2.75, 3.05) is 17.7 Å². The summed E-state index contributed by atoms with van der Waals surface area (Å²) in [7, 11) is -1.33. The van der Waals surface area contributed by atoms with Gasteiger partial charge in [-0.05, 0) is 36.4 Å². The predicted molar refractivity (Wildman–Crippen MR) is 101 cm³/mol. The smallest absolute Gasteiger partial charge is 0.339 e. The number of hydrogen-bond acceptors (Lipinski definition) is 5. The Morgan fingerprint density at radius 1 is 1.15 bits per heavy atom. The molecule has 0 fully saturated rings. The monoisotopic (exact) mass is 413 g/mol. The lowest BCUT2D eigenvalue weighted by Crippen LogP contribution is -2.21. The van der Waals surface area contributed by atoms with Gasteiger partial charge in [-0.1, -0.05) is 30.8 Å². The quantitative estimate of drug-likeness (QED) is 0.525. The number of esters is 1.